The molecule has 200 valence electrons. The number of nitrogens with zero attached hydrogens (tertiary/aromatic N) is 4. The van der Waals surface area contributed by atoms with Crippen LogP contribution in [0.25, 0.3) is 10.9 Å². The zero-order chi connectivity index (χ0) is 26.1. The molecule has 3 fully saturated rings. The Bertz CT molecular complexity index is 1280. The number of aromatic nitrogens is 2. The summed E-state index contributed by atoms with van der Waals surface area (Å²) in [5, 5.41) is 0.468. The van der Waals surface area contributed by atoms with Gasteiger partial charge < -0.3 is 14.5 Å². The number of piperazine rings is 1. The average molecular weight is 511 g/mol. The van der Waals surface area contributed by atoms with Crippen LogP contribution in [0, 0.1) is 17.8 Å². The molecule has 1 aromatic heterocycles. The van der Waals surface area contributed by atoms with E-state index >= 15 is 0 Å². The molecule has 2 aromatic rings. The van der Waals surface area contributed by atoms with Gasteiger partial charge in [0.1, 0.15) is 5.75 Å². The Balaban J connectivity index is 1.18. The van der Waals surface area contributed by atoms with Crippen molar-refractivity contribution in [1.82, 2.24) is 18.9 Å². The molecule has 37 heavy (non-hydrogen) atoms. The van der Waals surface area contributed by atoms with Crippen LogP contribution in [0.3, 0.4) is 0 Å². The summed E-state index contributed by atoms with van der Waals surface area (Å²) < 4.78 is 8.13. The first-order chi connectivity index (χ1) is 17.9. The van der Waals surface area contributed by atoms with Crippen LogP contribution in [0.1, 0.15) is 51.4 Å². The van der Waals surface area contributed by atoms with Crippen LogP contribution in [-0.2, 0) is 23.2 Å². The molecule has 2 aliphatic carbocycles. The summed E-state index contributed by atoms with van der Waals surface area (Å²) in [6.07, 6.45) is 7.46. The molecule has 2 amide bonds. The minimum atomic E-state index is -0.314. The van der Waals surface area contributed by atoms with E-state index in [0.29, 0.717) is 49.4 Å². The molecule has 2 heterocycles. The van der Waals surface area contributed by atoms with Gasteiger partial charge in [0.2, 0.25) is 11.8 Å². The molecule has 2 saturated carbocycles. The van der Waals surface area contributed by atoms with Crippen molar-refractivity contribution >= 4 is 22.7 Å². The first-order valence-electron chi connectivity index (χ1n) is 13.7. The van der Waals surface area contributed by atoms with Crippen LogP contribution < -0.4 is 16.0 Å². The molecule has 1 saturated heterocycles. The summed E-state index contributed by atoms with van der Waals surface area (Å²) in [6.45, 7) is 2.86. The number of ether oxygens (including phenoxy) is 1. The van der Waals surface area contributed by atoms with Crippen LogP contribution in [0.2, 0.25) is 0 Å². The van der Waals surface area contributed by atoms with E-state index in [2.05, 4.69) is 0 Å². The number of fused-ring (bicyclic) bond motifs is 1. The van der Waals surface area contributed by atoms with E-state index in [9.17, 15) is 19.2 Å². The van der Waals surface area contributed by atoms with Crippen molar-refractivity contribution in [3.8, 4) is 5.75 Å². The fourth-order valence-electron chi connectivity index (χ4n) is 6.47. The third kappa shape index (κ3) is 5.05. The number of methoxy groups -OCH3 is 1. The van der Waals surface area contributed by atoms with E-state index in [1.54, 1.807) is 32.4 Å². The fraction of sp³-hybridized carbons (Fsp3) is 0.643. The molecule has 9 nitrogen and oxygen atoms in total. The Morgan fingerprint density at radius 2 is 1.43 bits per heavy atom. The molecule has 0 N–H and O–H groups in total. The fourth-order valence-corrected chi connectivity index (χ4v) is 6.47. The lowest BCUT2D eigenvalue weighted by Crippen LogP contribution is -2.53. The van der Waals surface area contributed by atoms with Gasteiger partial charge in [-0.1, -0.05) is 12.8 Å². The van der Waals surface area contributed by atoms with Crippen LogP contribution in [-0.4, -0.2) is 64.0 Å². The molecule has 1 aromatic carbocycles. The lowest BCUT2D eigenvalue weighted by atomic mass is 9.81. The summed E-state index contributed by atoms with van der Waals surface area (Å²) in [6, 6.07) is 5.17. The minimum absolute atomic E-state index is 0.0197. The largest absolute Gasteiger partial charge is 0.497 e. The molecular formula is C28H38N4O5. The maximum absolute atomic E-state index is 13.2. The summed E-state index contributed by atoms with van der Waals surface area (Å²) in [4.78, 5) is 56.0. The van der Waals surface area contributed by atoms with E-state index in [1.165, 1.54) is 9.13 Å². The second kappa shape index (κ2) is 10.7. The van der Waals surface area contributed by atoms with Gasteiger partial charge >= 0.3 is 5.69 Å². The second-order valence-electron chi connectivity index (χ2n) is 11.0. The van der Waals surface area contributed by atoms with Crippen molar-refractivity contribution in [2.45, 2.75) is 57.9 Å². The summed E-state index contributed by atoms with van der Waals surface area (Å²) in [5.74, 6) is 1.40. The van der Waals surface area contributed by atoms with Gasteiger partial charge in [-0.3, -0.25) is 23.5 Å². The molecule has 0 atom stereocenters. The first-order valence-corrected chi connectivity index (χ1v) is 13.7. The van der Waals surface area contributed by atoms with Crippen LogP contribution in [0.15, 0.2) is 27.8 Å². The standard InChI is InChI=1S/C28H38N4O5/c1-29-24-12-11-22(37-2)17-23(24)27(35)32(28(29)36)18-19-7-9-21(10-8-19)26(34)31-15-13-30(14-16-31)25(33)20-5-3-4-6-20/h11-12,17,19-21H,3-10,13-16,18H2,1-2H3/t19-,21-. The number of carbonyl (C=O) groups excluding carboxylic acids is 2. The number of amides is 2. The lowest BCUT2D eigenvalue weighted by molar-refractivity contribution is -0.144. The molecule has 0 spiro atoms. The van der Waals surface area contributed by atoms with Crippen molar-refractivity contribution in [2.75, 3.05) is 33.3 Å². The number of hydrogen-bond acceptors (Lipinski definition) is 5. The van der Waals surface area contributed by atoms with Gasteiger partial charge in [-0.2, -0.15) is 0 Å². The van der Waals surface area contributed by atoms with Gasteiger partial charge in [-0.25, -0.2) is 4.79 Å². The number of carbonyl (C=O) groups is 2. The predicted molar refractivity (Wildman–Crippen MR) is 141 cm³/mol. The van der Waals surface area contributed by atoms with E-state index in [0.717, 1.165) is 51.4 Å². The minimum Gasteiger partial charge on any atom is -0.497 e. The SMILES string of the molecule is COc1ccc2c(c1)c(=O)n(C[C@H]1CC[C@H](C(=O)N3CCN(C(=O)C4CCCC4)CC3)CC1)c(=O)n2C. The Kier molecular flexibility index (Phi) is 7.40. The summed E-state index contributed by atoms with van der Waals surface area (Å²) in [7, 11) is 3.24. The van der Waals surface area contributed by atoms with Gasteiger partial charge in [-0.15, -0.1) is 0 Å². The highest BCUT2D eigenvalue weighted by Crippen LogP contribution is 2.32. The number of aryl methyl sites for hydroxylation is 1. The highest BCUT2D eigenvalue weighted by molar-refractivity contribution is 5.81. The molecule has 0 bridgehead atoms. The van der Waals surface area contributed by atoms with Gasteiger partial charge in [-0.05, 0) is 62.6 Å². The van der Waals surface area contributed by atoms with Gasteiger partial charge in [0.15, 0.2) is 0 Å². The highest BCUT2D eigenvalue weighted by atomic mass is 16.5. The molecule has 0 radical (unpaired) electrons. The van der Waals surface area contributed by atoms with Crippen LogP contribution in [0.4, 0.5) is 0 Å². The zero-order valence-corrected chi connectivity index (χ0v) is 22.0. The van der Waals surface area contributed by atoms with E-state index in [1.807, 2.05) is 9.80 Å². The molecule has 9 heteroatoms. The van der Waals surface area contributed by atoms with Gasteiger partial charge in [0.25, 0.3) is 5.56 Å². The first kappa shape index (κ1) is 25.5. The topological polar surface area (TPSA) is 93.8 Å². The smallest absolute Gasteiger partial charge is 0.331 e. The Hall–Kier alpha value is -3.10. The Morgan fingerprint density at radius 1 is 0.865 bits per heavy atom. The molecule has 1 aliphatic heterocycles. The van der Waals surface area contributed by atoms with Crippen molar-refractivity contribution in [1.29, 1.82) is 0 Å². The quantitative estimate of drug-likeness (QED) is 0.616. The van der Waals surface area contributed by atoms with E-state index in [4.69, 9.17) is 4.74 Å². The second-order valence-corrected chi connectivity index (χ2v) is 11.0. The third-order valence-electron chi connectivity index (χ3n) is 8.80. The monoisotopic (exact) mass is 510 g/mol. The number of benzene rings is 1. The lowest BCUT2D eigenvalue weighted by Gasteiger charge is -2.38. The molecular weight excluding hydrogens is 472 g/mol. The normalized spacial score (nSPS) is 23.0. The van der Waals surface area contributed by atoms with E-state index in [-0.39, 0.29) is 40.8 Å². The molecule has 5 rings (SSSR count). The van der Waals surface area contributed by atoms with Gasteiger partial charge in [0.05, 0.1) is 18.0 Å². The zero-order valence-electron chi connectivity index (χ0n) is 22.0. The summed E-state index contributed by atoms with van der Waals surface area (Å²) in [5.41, 5.74) is -0.0162. The maximum Gasteiger partial charge on any atom is 0.331 e. The van der Waals surface area contributed by atoms with Crippen molar-refractivity contribution in [3.05, 3.63) is 39.0 Å². The Morgan fingerprint density at radius 3 is 2.00 bits per heavy atom. The van der Waals surface area contributed by atoms with Gasteiger partial charge in [0, 0.05) is 51.6 Å². The average Bonchev–Trinajstić information content (AvgIpc) is 3.49. The number of rotatable bonds is 5. The van der Waals surface area contributed by atoms with E-state index < -0.39 is 0 Å². The predicted octanol–water partition coefficient (Wildman–Crippen LogP) is 2.38. The maximum atomic E-state index is 13.2. The van der Waals surface area contributed by atoms with Crippen molar-refractivity contribution < 1.29 is 14.3 Å². The van der Waals surface area contributed by atoms with Crippen molar-refractivity contribution in [2.24, 2.45) is 24.8 Å². The van der Waals surface area contributed by atoms with Crippen molar-refractivity contribution in [3.63, 3.8) is 0 Å². The highest BCUT2D eigenvalue weighted by Gasteiger charge is 2.34. The molecule has 3 aliphatic rings. The third-order valence-corrected chi connectivity index (χ3v) is 8.80. The molecule has 0 unspecified atom stereocenters. The van der Waals surface area contributed by atoms with Crippen LogP contribution in [0.5, 0.6) is 5.75 Å². The van der Waals surface area contributed by atoms with Crippen LogP contribution >= 0.6 is 0 Å². The summed E-state index contributed by atoms with van der Waals surface area (Å²) >= 11 is 0. The Labute approximate surface area is 217 Å². The number of hydrogen-bond donors (Lipinski definition) is 0.